The van der Waals surface area contributed by atoms with Gasteiger partial charge in [0.15, 0.2) is 5.16 Å². The summed E-state index contributed by atoms with van der Waals surface area (Å²) >= 11 is 3.01. The smallest absolute Gasteiger partial charge is 0.262 e. The topological polar surface area (TPSA) is 55.2 Å². The molecule has 2 heterocycles. The van der Waals surface area contributed by atoms with Gasteiger partial charge in [-0.1, -0.05) is 30.0 Å². The minimum atomic E-state index is -0.347. The molecule has 2 aromatic heterocycles. The third-order valence-electron chi connectivity index (χ3n) is 5.44. The fraction of sp³-hybridized carbons (Fsp3) is 0.409. The van der Waals surface area contributed by atoms with E-state index in [2.05, 4.69) is 0 Å². The molecule has 0 spiro atoms. The number of hydrogen-bond donors (Lipinski definition) is 0. The lowest BCUT2D eigenvalue weighted by Gasteiger charge is -2.24. The largest absolute Gasteiger partial charge is 0.312 e. The number of amides is 1. The minimum absolute atomic E-state index is 0.00644. The number of rotatable bonds is 5. The van der Waals surface area contributed by atoms with E-state index in [1.54, 1.807) is 27.9 Å². The first-order chi connectivity index (χ1) is 14.0. The Bertz CT molecular complexity index is 1100. The number of thioether (sulfide) groups is 1. The Morgan fingerprint density at radius 2 is 2.00 bits per heavy atom. The summed E-state index contributed by atoms with van der Waals surface area (Å²) < 4.78 is 1.61. The number of carbonyl (C=O) groups is 1. The molecule has 4 rings (SSSR count). The van der Waals surface area contributed by atoms with Gasteiger partial charge in [-0.05, 0) is 57.2 Å². The van der Waals surface area contributed by atoms with Crippen LogP contribution in [0.2, 0.25) is 0 Å². The first-order valence-electron chi connectivity index (χ1n) is 10.1. The summed E-state index contributed by atoms with van der Waals surface area (Å²) in [5.74, 6) is 0.0171. The highest BCUT2D eigenvalue weighted by molar-refractivity contribution is 8.00. The molecule has 152 valence electrons. The monoisotopic (exact) mass is 427 g/mol. The normalized spacial score (nSPS) is 14.6. The predicted octanol–water partition coefficient (Wildman–Crippen LogP) is 4.41. The molecule has 1 aliphatic rings. The van der Waals surface area contributed by atoms with Crippen molar-refractivity contribution in [2.45, 2.75) is 49.9 Å². The first-order valence-corrected chi connectivity index (χ1v) is 11.7. The molecule has 1 amide bonds. The summed E-state index contributed by atoms with van der Waals surface area (Å²) in [6.07, 6.45) is 4.32. The van der Waals surface area contributed by atoms with Crippen LogP contribution in [-0.2, 0) is 24.7 Å². The molecule has 0 saturated carbocycles. The van der Waals surface area contributed by atoms with Crippen molar-refractivity contribution in [1.82, 2.24) is 9.55 Å². The zero-order valence-corrected chi connectivity index (χ0v) is 18.6. The lowest BCUT2D eigenvalue weighted by molar-refractivity contribution is -0.117. The molecule has 0 saturated heterocycles. The Labute approximate surface area is 178 Å². The molecular formula is C22H25N3O2S2. The van der Waals surface area contributed by atoms with Crippen LogP contribution in [0, 0.1) is 0 Å². The third-order valence-corrected chi connectivity index (χ3v) is 7.75. The molecule has 0 aliphatic heterocycles. The van der Waals surface area contributed by atoms with Crippen molar-refractivity contribution >= 4 is 44.9 Å². The molecule has 0 fully saturated rings. The molecule has 0 unspecified atom stereocenters. The molecule has 1 aliphatic carbocycles. The van der Waals surface area contributed by atoms with E-state index in [-0.39, 0.29) is 16.7 Å². The number of hydrogen-bond acceptors (Lipinski definition) is 5. The van der Waals surface area contributed by atoms with Crippen molar-refractivity contribution in [2.24, 2.45) is 7.05 Å². The number of carbonyl (C=O) groups excluding carboxylic acids is 1. The van der Waals surface area contributed by atoms with Crippen molar-refractivity contribution in [3.05, 3.63) is 51.1 Å². The average Bonchev–Trinajstić information content (AvgIpc) is 3.11. The first kappa shape index (κ1) is 20.2. The van der Waals surface area contributed by atoms with Gasteiger partial charge < -0.3 is 4.90 Å². The SMILES string of the molecule is CCN(C(=O)[C@@H](C)Sc1nc2sc3c(c2c(=O)n1C)CCCC3)c1ccccc1. The van der Waals surface area contributed by atoms with Gasteiger partial charge in [-0.25, -0.2) is 4.98 Å². The molecule has 0 radical (unpaired) electrons. The summed E-state index contributed by atoms with van der Waals surface area (Å²) in [5.41, 5.74) is 2.09. The number of thiophene rings is 1. The van der Waals surface area contributed by atoms with Gasteiger partial charge in [-0.2, -0.15) is 0 Å². The van der Waals surface area contributed by atoms with Crippen LogP contribution in [0.5, 0.6) is 0 Å². The fourth-order valence-electron chi connectivity index (χ4n) is 3.87. The highest BCUT2D eigenvalue weighted by Crippen LogP contribution is 2.35. The summed E-state index contributed by atoms with van der Waals surface area (Å²) in [6, 6.07) is 9.68. The highest BCUT2D eigenvalue weighted by atomic mass is 32.2. The van der Waals surface area contributed by atoms with Gasteiger partial charge in [0.1, 0.15) is 4.83 Å². The van der Waals surface area contributed by atoms with Gasteiger partial charge in [0.25, 0.3) is 5.56 Å². The maximum atomic E-state index is 13.1. The lowest BCUT2D eigenvalue weighted by atomic mass is 9.97. The van der Waals surface area contributed by atoms with Crippen molar-refractivity contribution < 1.29 is 4.79 Å². The molecule has 1 atom stereocenters. The summed E-state index contributed by atoms with van der Waals surface area (Å²) in [4.78, 5) is 34.9. The predicted molar refractivity (Wildman–Crippen MR) is 121 cm³/mol. The molecule has 5 nitrogen and oxygen atoms in total. The number of anilines is 1. The third kappa shape index (κ3) is 3.73. The van der Waals surface area contributed by atoms with E-state index in [9.17, 15) is 9.59 Å². The van der Waals surface area contributed by atoms with Crippen molar-refractivity contribution in [2.75, 3.05) is 11.4 Å². The molecular weight excluding hydrogens is 402 g/mol. The Kier molecular flexibility index (Phi) is 5.79. The van der Waals surface area contributed by atoms with E-state index in [0.717, 1.165) is 35.2 Å². The van der Waals surface area contributed by atoms with Crippen LogP contribution in [0.25, 0.3) is 10.2 Å². The zero-order valence-electron chi connectivity index (χ0n) is 17.0. The summed E-state index contributed by atoms with van der Waals surface area (Å²) in [5, 5.41) is 1.04. The molecule has 3 aromatic rings. The van der Waals surface area contributed by atoms with E-state index < -0.39 is 0 Å². The number of nitrogens with zero attached hydrogens (tertiary/aromatic N) is 3. The van der Waals surface area contributed by atoms with Crippen LogP contribution >= 0.6 is 23.1 Å². The van der Waals surface area contributed by atoms with Crippen LogP contribution in [0.1, 0.15) is 37.1 Å². The van der Waals surface area contributed by atoms with Gasteiger partial charge in [0.05, 0.1) is 10.6 Å². The Morgan fingerprint density at radius 1 is 1.28 bits per heavy atom. The van der Waals surface area contributed by atoms with E-state index >= 15 is 0 Å². The molecule has 1 aromatic carbocycles. The van der Waals surface area contributed by atoms with Crippen molar-refractivity contribution in [1.29, 1.82) is 0 Å². The maximum absolute atomic E-state index is 13.1. The Balaban J connectivity index is 1.64. The van der Waals surface area contributed by atoms with Gasteiger partial charge in [-0.15, -0.1) is 11.3 Å². The van der Waals surface area contributed by atoms with E-state index in [0.29, 0.717) is 11.7 Å². The summed E-state index contributed by atoms with van der Waals surface area (Å²) in [7, 11) is 1.76. The molecule has 0 N–H and O–H groups in total. The van der Waals surface area contributed by atoms with Gasteiger partial charge in [0, 0.05) is 24.2 Å². The van der Waals surface area contributed by atoms with Crippen LogP contribution in [0.4, 0.5) is 5.69 Å². The number of aromatic nitrogens is 2. The van der Waals surface area contributed by atoms with Gasteiger partial charge in [0.2, 0.25) is 5.91 Å². The van der Waals surface area contributed by atoms with Crippen LogP contribution in [0.3, 0.4) is 0 Å². The molecule has 29 heavy (non-hydrogen) atoms. The standard InChI is InChI=1S/C22H25N3O2S2/c1-4-25(15-10-6-5-7-11-15)20(26)14(2)28-22-23-19-18(21(27)24(22)3)16-12-8-9-13-17(16)29-19/h5-7,10-11,14H,4,8-9,12-13H2,1-3H3/t14-/m1/s1. The van der Waals surface area contributed by atoms with E-state index in [1.165, 1.54) is 28.6 Å². The molecule has 7 heteroatoms. The molecule has 0 bridgehead atoms. The van der Waals surface area contributed by atoms with Crippen molar-refractivity contribution in [3.63, 3.8) is 0 Å². The minimum Gasteiger partial charge on any atom is -0.312 e. The van der Waals surface area contributed by atoms with E-state index in [4.69, 9.17) is 4.98 Å². The lowest BCUT2D eigenvalue weighted by Crippen LogP contribution is -2.36. The number of para-hydroxylation sites is 1. The Hall–Kier alpha value is -2.12. The Morgan fingerprint density at radius 3 is 2.72 bits per heavy atom. The van der Waals surface area contributed by atoms with Gasteiger partial charge >= 0.3 is 0 Å². The number of fused-ring (bicyclic) bond motifs is 3. The van der Waals surface area contributed by atoms with Crippen molar-refractivity contribution in [3.8, 4) is 0 Å². The quantitative estimate of drug-likeness (QED) is 0.447. The average molecular weight is 428 g/mol. The fourth-order valence-corrected chi connectivity index (χ4v) is 6.11. The number of benzene rings is 1. The second-order valence-electron chi connectivity index (χ2n) is 7.33. The van der Waals surface area contributed by atoms with Crippen LogP contribution in [-0.4, -0.2) is 27.3 Å². The summed E-state index contributed by atoms with van der Waals surface area (Å²) in [6.45, 7) is 4.45. The van der Waals surface area contributed by atoms with Crippen LogP contribution < -0.4 is 10.5 Å². The van der Waals surface area contributed by atoms with Gasteiger partial charge in [-0.3, -0.25) is 14.2 Å². The second-order valence-corrected chi connectivity index (χ2v) is 9.72. The highest BCUT2D eigenvalue weighted by Gasteiger charge is 2.25. The van der Waals surface area contributed by atoms with Crippen LogP contribution in [0.15, 0.2) is 40.3 Å². The second kappa shape index (κ2) is 8.32. The van der Waals surface area contributed by atoms with E-state index in [1.807, 2.05) is 44.2 Å². The maximum Gasteiger partial charge on any atom is 0.262 e. The zero-order chi connectivity index (χ0) is 20.5. The number of aryl methyl sites for hydroxylation is 2.